The third-order valence-corrected chi connectivity index (χ3v) is 21.5. The molecule has 0 fully saturated rings. The number of benzene rings is 14. The first kappa shape index (κ1) is 48.7. The molecule has 14 aromatic carbocycles. The molecule has 490 valence electrons. The van der Waals surface area contributed by atoms with E-state index >= 15 is 0 Å². The summed E-state index contributed by atoms with van der Waals surface area (Å²) in [5, 5.41) is 0. The van der Waals surface area contributed by atoms with Gasteiger partial charge in [0.15, 0.2) is 0 Å². The van der Waals surface area contributed by atoms with Crippen LogP contribution >= 0.6 is 11.8 Å². The van der Waals surface area contributed by atoms with Gasteiger partial charge in [0.25, 0.3) is 13.4 Å². The number of ether oxygens (including phenoxy) is 1. The Morgan fingerprint density at radius 1 is 0.324 bits per heavy atom. The van der Waals surface area contributed by atoms with Crippen LogP contribution in [0.15, 0.2) is 319 Å². The summed E-state index contributed by atoms with van der Waals surface area (Å²) in [7, 11) is 0. The molecule has 14 aromatic rings. The molecule has 0 bridgehead atoms. The average Bonchev–Trinajstić information content (AvgIpc) is 0.662. The van der Waals surface area contributed by atoms with Gasteiger partial charge in [-0.15, -0.1) is 0 Å². The largest absolute Gasteiger partial charge is 0.459 e. The van der Waals surface area contributed by atoms with E-state index in [9.17, 15) is 20.6 Å². The lowest BCUT2D eigenvalue weighted by Crippen LogP contribution is -2.65. The van der Waals surface area contributed by atoms with Gasteiger partial charge in [-0.25, -0.2) is 0 Å². The van der Waals surface area contributed by atoms with Crippen LogP contribution in [0.5, 0.6) is 11.5 Å². The molecule has 0 saturated heterocycles. The minimum absolute atomic E-state index is 0.0148. The van der Waals surface area contributed by atoms with Crippen LogP contribution < -0.4 is 47.3 Å². The van der Waals surface area contributed by atoms with Crippen molar-refractivity contribution in [2.75, 3.05) is 9.80 Å². The quantitative estimate of drug-likeness (QED) is 0.134. The highest BCUT2D eigenvalue weighted by Gasteiger charge is 2.51. The van der Waals surface area contributed by atoms with Gasteiger partial charge >= 0.3 is 0 Å². The molecule has 0 unspecified atom stereocenters. The van der Waals surface area contributed by atoms with Crippen LogP contribution in [0.3, 0.4) is 0 Å². The van der Waals surface area contributed by atoms with Gasteiger partial charge in [-0.05, 0) is 176 Å². The molecule has 4 heterocycles. The van der Waals surface area contributed by atoms with E-state index in [0.29, 0.717) is 39.3 Å². The first-order valence-electron chi connectivity index (χ1n) is 42.3. The van der Waals surface area contributed by atoms with Crippen molar-refractivity contribution in [3.63, 3.8) is 0 Å². The summed E-state index contributed by atoms with van der Waals surface area (Å²) in [5.41, 5.74) is 11.9. The Hall–Kier alpha value is -11.0. The fourth-order valence-corrected chi connectivity index (χ4v) is 16.4. The fourth-order valence-electron chi connectivity index (χ4n) is 15.4. The summed E-state index contributed by atoms with van der Waals surface area (Å²) in [5.74, 6) is -0.339. The summed E-state index contributed by atoms with van der Waals surface area (Å²) in [4.78, 5) is 4.47. The molecule has 0 aliphatic carbocycles. The van der Waals surface area contributed by atoms with Crippen LogP contribution in [0.2, 0.25) is 0 Å². The highest BCUT2D eigenvalue weighted by atomic mass is 32.2. The number of hydrogen-bond donors (Lipinski definition) is 0. The first-order chi connectivity index (χ1) is 55.8. The molecule has 4 aliphatic heterocycles. The molecule has 0 saturated carbocycles. The number of para-hydroxylation sites is 1. The molecule has 0 spiro atoms. The van der Waals surface area contributed by atoms with Gasteiger partial charge in [0, 0.05) is 54.8 Å². The lowest BCUT2D eigenvalue weighted by atomic mass is 9.30. The summed E-state index contributed by atoms with van der Waals surface area (Å²) in [6, 6.07) is 64.9. The van der Waals surface area contributed by atoms with Crippen molar-refractivity contribution in [2.45, 2.75) is 88.3 Å². The van der Waals surface area contributed by atoms with Crippen LogP contribution in [0.25, 0.3) is 77.9 Å². The predicted molar refractivity (Wildman–Crippen MR) is 436 cm³/mol. The van der Waals surface area contributed by atoms with Crippen molar-refractivity contribution in [1.29, 1.82) is 0 Å². The highest BCUT2D eigenvalue weighted by Crippen LogP contribution is 2.57. The van der Waals surface area contributed by atoms with E-state index in [0.717, 1.165) is 73.0 Å². The fraction of sp³-hybridized carbons (Fsp3) is 0.125. The van der Waals surface area contributed by atoms with E-state index < -0.39 is 90.1 Å². The van der Waals surface area contributed by atoms with Crippen molar-refractivity contribution in [3.05, 3.63) is 326 Å². The standard InChI is InChI=1S/C96H78B2N2OS/c1-94(2,3)68-54-73(63-37-20-12-21-38-63)91(74(55-68)64-39-22-13-23-40-64)99-80-53-67(87-71(61-33-16-10-17-34-61)45-32-46-72(87)62-35-18-11-19-36-62)51-52-77(80)98-88-81(99)58-70(96(7,8)9)59-82(88)100(92-75(65-41-24-14-25-42-65)56-69(95(4,5)6)57-76(92)66-43-26-15-27-44-66)83-60-86-90-93(89(83)98)101-84-49-30-28-47-78(84)97(90)79-48-29-31-50-85(79)102-86/h10-60H,1-9H3/i28D,29D,30D,31D,32D,45D,46D,47D,48D,49D,50D,51D,52D,53D,60D. The molecule has 6 heteroatoms. The molecule has 102 heavy (non-hydrogen) atoms. The molecule has 4 aliphatic rings. The van der Waals surface area contributed by atoms with Crippen LogP contribution in [-0.2, 0) is 16.2 Å². The number of hydrogen-bond acceptors (Lipinski definition) is 4. The maximum atomic E-state index is 12.1. The summed E-state index contributed by atoms with van der Waals surface area (Å²) in [6.07, 6.45) is 0. The van der Waals surface area contributed by atoms with Gasteiger partial charge in [-0.1, -0.05) is 328 Å². The Balaban J connectivity index is 1.13. The first-order valence-corrected chi connectivity index (χ1v) is 35.6. The maximum Gasteiger partial charge on any atom is 0.256 e. The smallest absolute Gasteiger partial charge is 0.256 e. The van der Waals surface area contributed by atoms with Gasteiger partial charge in [-0.3, -0.25) is 0 Å². The van der Waals surface area contributed by atoms with Gasteiger partial charge in [-0.2, -0.15) is 0 Å². The van der Waals surface area contributed by atoms with Gasteiger partial charge in [0.2, 0.25) is 0 Å². The molecular weight excluding hydrogens is 1250 g/mol. The van der Waals surface area contributed by atoms with E-state index in [-0.39, 0.29) is 112 Å². The second-order valence-electron chi connectivity index (χ2n) is 29.9. The van der Waals surface area contributed by atoms with Crippen LogP contribution in [0.4, 0.5) is 34.1 Å². The van der Waals surface area contributed by atoms with Crippen LogP contribution in [0.1, 0.15) is 99.6 Å². The van der Waals surface area contributed by atoms with Crippen molar-refractivity contribution in [3.8, 4) is 89.4 Å². The van der Waals surface area contributed by atoms with E-state index in [1.54, 1.807) is 24.3 Å². The molecule has 0 amide bonds. The Kier molecular flexibility index (Phi) is 11.6. The minimum atomic E-state index is -1.46. The van der Waals surface area contributed by atoms with Crippen molar-refractivity contribution in [1.82, 2.24) is 0 Å². The molecule has 0 radical (unpaired) electrons. The third kappa shape index (κ3) is 10.5. The highest BCUT2D eigenvalue weighted by molar-refractivity contribution is 8.00. The van der Waals surface area contributed by atoms with Crippen LogP contribution in [-0.4, -0.2) is 13.4 Å². The number of anilines is 6. The van der Waals surface area contributed by atoms with E-state index in [4.69, 9.17) is 4.74 Å². The molecule has 0 atom stereocenters. The minimum Gasteiger partial charge on any atom is -0.459 e. The Morgan fingerprint density at radius 2 is 0.725 bits per heavy atom. The van der Waals surface area contributed by atoms with Crippen LogP contribution in [0, 0.1) is 0 Å². The molecule has 0 N–H and O–H groups in total. The number of fused-ring (bicyclic) bond motifs is 9. The van der Waals surface area contributed by atoms with Gasteiger partial charge in [0.05, 0.1) is 31.9 Å². The van der Waals surface area contributed by atoms with Crippen molar-refractivity contribution in [2.24, 2.45) is 0 Å². The van der Waals surface area contributed by atoms with Crippen molar-refractivity contribution >= 4 is 92.1 Å². The van der Waals surface area contributed by atoms with E-state index in [1.165, 1.54) is 0 Å². The number of nitrogens with zero attached hydrogens (tertiary/aromatic N) is 2. The zero-order chi connectivity index (χ0) is 82.4. The SMILES string of the molecule is [2H]c1c([2H])c([2H])c2c(c1[2H])Oc1c3c(c([2H])c4c1B1c5c(cc(C(C)(C)C)cc5N4c4c(-c5ccccc5)cc(C(C)(C)C)cc4-c4ccccc4)N(c4c(-c5ccccc5)cc(C(C)(C)C)cc4-c4ccccc4)c4c([2H])c(-c5c(-c6ccccc6)c([2H])c([2H])c([2H])c5-c5ccccc5)c([2H])c([2H])c41)Sc1c([2H])c([2H])c([2H])c([2H])c1B23. The molecule has 18 rings (SSSR count). The molecular formula is C96H78B2N2OS. The van der Waals surface area contributed by atoms with Gasteiger partial charge in [0.1, 0.15) is 11.5 Å². The third-order valence-electron chi connectivity index (χ3n) is 20.5. The van der Waals surface area contributed by atoms with Crippen molar-refractivity contribution < 1.29 is 25.3 Å². The zero-order valence-electron chi connectivity index (χ0n) is 73.2. The molecule has 3 nitrogen and oxygen atoms in total. The number of rotatable bonds is 9. The molecule has 0 aromatic heterocycles. The van der Waals surface area contributed by atoms with Gasteiger partial charge < -0.3 is 14.5 Å². The zero-order valence-corrected chi connectivity index (χ0v) is 59.0. The Morgan fingerprint density at radius 3 is 1.18 bits per heavy atom. The predicted octanol–water partition coefficient (Wildman–Crippen LogP) is 22.4. The lowest BCUT2D eigenvalue weighted by molar-refractivity contribution is 0.490. The summed E-state index contributed by atoms with van der Waals surface area (Å²) >= 11 is 0.972. The normalized spacial score (nSPS) is 15.4. The Labute approximate surface area is 627 Å². The summed E-state index contributed by atoms with van der Waals surface area (Å²) < 4.78 is 162. The van der Waals surface area contributed by atoms with E-state index in [1.807, 2.05) is 109 Å². The Bertz CT molecular complexity index is 6370. The monoisotopic (exact) mass is 1340 g/mol. The van der Waals surface area contributed by atoms with E-state index in [2.05, 4.69) is 157 Å². The maximum absolute atomic E-state index is 12.1. The summed E-state index contributed by atoms with van der Waals surface area (Å²) in [6.45, 7) is 16.6. The second kappa shape index (κ2) is 24.4. The average molecular weight is 1340 g/mol. The topological polar surface area (TPSA) is 15.7 Å². The second-order valence-corrected chi connectivity index (χ2v) is 30.9. The lowest BCUT2D eigenvalue weighted by Gasteiger charge is -2.48.